The van der Waals surface area contributed by atoms with E-state index < -0.39 is 0 Å². The molecular weight excluding hydrogens is 383 g/mol. The minimum Gasteiger partial charge on any atom is -0.339 e. The van der Waals surface area contributed by atoms with Crippen LogP contribution >= 0.6 is 0 Å². The number of nitrogens with zero attached hydrogens (tertiary/aromatic N) is 3. The molecule has 1 fully saturated rings. The Morgan fingerprint density at radius 3 is 2.20 bits per heavy atom. The highest BCUT2D eigenvalue weighted by Gasteiger charge is 2.28. The Labute approximate surface area is 173 Å². The largest absolute Gasteiger partial charge is 0.339 e. The second kappa shape index (κ2) is 8.82. The molecule has 2 amide bonds. The van der Waals surface area contributed by atoms with Crippen LogP contribution in [0.1, 0.15) is 23.2 Å². The number of aromatic nitrogens is 2. The molecule has 0 saturated carbocycles. The summed E-state index contributed by atoms with van der Waals surface area (Å²) in [7, 11) is 0. The topological polar surface area (TPSA) is 75.2 Å². The second-order valence-corrected chi connectivity index (χ2v) is 7.22. The Bertz CT molecular complexity index is 1020. The predicted octanol–water partition coefficient (Wildman–Crippen LogP) is 3.77. The van der Waals surface area contributed by atoms with Gasteiger partial charge in [-0.15, -0.1) is 0 Å². The minimum absolute atomic E-state index is 0.0973. The van der Waals surface area contributed by atoms with E-state index >= 15 is 0 Å². The van der Waals surface area contributed by atoms with E-state index in [2.05, 4.69) is 15.3 Å². The van der Waals surface area contributed by atoms with Crippen LogP contribution in [0, 0.1) is 11.7 Å². The van der Waals surface area contributed by atoms with Gasteiger partial charge in [0.2, 0.25) is 5.91 Å². The predicted molar refractivity (Wildman–Crippen MR) is 111 cm³/mol. The van der Waals surface area contributed by atoms with E-state index in [1.807, 2.05) is 30.3 Å². The summed E-state index contributed by atoms with van der Waals surface area (Å²) in [5.74, 6) is -0.196. The Morgan fingerprint density at radius 2 is 1.57 bits per heavy atom. The maximum atomic E-state index is 13.0. The molecule has 7 heteroatoms. The van der Waals surface area contributed by atoms with Crippen molar-refractivity contribution in [3.05, 3.63) is 78.4 Å². The van der Waals surface area contributed by atoms with Gasteiger partial charge in [-0.05, 0) is 37.1 Å². The number of likely N-dealkylation sites (tertiary alicyclic amines) is 1. The first-order valence-corrected chi connectivity index (χ1v) is 9.83. The first-order valence-electron chi connectivity index (χ1n) is 9.83. The van der Waals surface area contributed by atoms with Crippen LogP contribution < -0.4 is 5.32 Å². The number of rotatable bonds is 4. The average molecular weight is 404 g/mol. The van der Waals surface area contributed by atoms with E-state index in [9.17, 15) is 14.0 Å². The standard InChI is InChI=1S/C23H21FN4O2/c24-19-8-6-18(7-9-19)23(30)28-12-10-17(11-13-28)22(29)27-20-14-25-21(26-15-20)16-4-2-1-3-5-16/h1-9,14-15,17H,10-13H2,(H,27,29). The number of nitrogens with one attached hydrogen (secondary N) is 1. The van der Waals surface area contributed by atoms with Crippen LogP contribution in [-0.2, 0) is 4.79 Å². The number of amides is 2. The molecule has 0 atom stereocenters. The number of piperidine rings is 1. The molecule has 2 aromatic carbocycles. The molecule has 6 nitrogen and oxygen atoms in total. The fourth-order valence-electron chi connectivity index (χ4n) is 3.49. The molecular formula is C23H21FN4O2. The van der Waals surface area contributed by atoms with Crippen LogP contribution in [0.2, 0.25) is 0 Å². The molecule has 0 unspecified atom stereocenters. The van der Waals surface area contributed by atoms with Crippen LogP contribution in [0.3, 0.4) is 0 Å². The smallest absolute Gasteiger partial charge is 0.253 e. The highest BCUT2D eigenvalue weighted by molar-refractivity contribution is 5.95. The number of carbonyl (C=O) groups is 2. The number of hydrogen-bond donors (Lipinski definition) is 1. The Hall–Kier alpha value is -3.61. The van der Waals surface area contributed by atoms with Crippen LogP contribution in [0.4, 0.5) is 10.1 Å². The minimum atomic E-state index is -0.372. The van der Waals surface area contributed by atoms with Crippen LogP contribution in [-0.4, -0.2) is 39.8 Å². The lowest BCUT2D eigenvalue weighted by atomic mass is 9.95. The van der Waals surface area contributed by atoms with Crippen molar-refractivity contribution in [3.63, 3.8) is 0 Å². The summed E-state index contributed by atoms with van der Waals surface area (Å²) in [5.41, 5.74) is 1.91. The summed E-state index contributed by atoms with van der Waals surface area (Å²) >= 11 is 0. The lowest BCUT2D eigenvalue weighted by molar-refractivity contribution is -0.121. The van der Waals surface area contributed by atoms with Crippen molar-refractivity contribution in [2.24, 2.45) is 5.92 Å². The van der Waals surface area contributed by atoms with Crippen molar-refractivity contribution >= 4 is 17.5 Å². The molecule has 1 aliphatic heterocycles. The first-order chi connectivity index (χ1) is 14.6. The van der Waals surface area contributed by atoms with E-state index in [1.165, 1.54) is 24.3 Å². The molecule has 1 aromatic heterocycles. The van der Waals surface area contributed by atoms with Gasteiger partial charge in [0.25, 0.3) is 5.91 Å². The van der Waals surface area contributed by atoms with Crippen LogP contribution in [0.25, 0.3) is 11.4 Å². The molecule has 152 valence electrons. The van der Waals surface area contributed by atoms with E-state index in [4.69, 9.17) is 0 Å². The summed E-state index contributed by atoms with van der Waals surface area (Å²) in [6.45, 7) is 0.968. The summed E-state index contributed by atoms with van der Waals surface area (Å²) in [6, 6.07) is 15.1. The van der Waals surface area contributed by atoms with Gasteiger partial charge in [-0.1, -0.05) is 30.3 Å². The molecule has 0 bridgehead atoms. The molecule has 0 spiro atoms. The third-order valence-corrected chi connectivity index (χ3v) is 5.20. The van der Waals surface area contributed by atoms with Gasteiger partial charge in [0, 0.05) is 30.1 Å². The SMILES string of the molecule is O=C(Nc1cnc(-c2ccccc2)nc1)C1CCN(C(=O)c2ccc(F)cc2)CC1. The van der Waals surface area contributed by atoms with E-state index in [-0.39, 0.29) is 23.5 Å². The maximum Gasteiger partial charge on any atom is 0.253 e. The average Bonchev–Trinajstić information content (AvgIpc) is 2.80. The fraction of sp³-hybridized carbons (Fsp3) is 0.217. The van der Waals surface area contributed by atoms with Crippen molar-refractivity contribution in [2.75, 3.05) is 18.4 Å². The van der Waals surface area contributed by atoms with Crippen molar-refractivity contribution < 1.29 is 14.0 Å². The lowest BCUT2D eigenvalue weighted by Crippen LogP contribution is -2.41. The number of carbonyl (C=O) groups excluding carboxylic acids is 2. The highest BCUT2D eigenvalue weighted by atomic mass is 19.1. The van der Waals surface area contributed by atoms with Gasteiger partial charge in [0.05, 0.1) is 18.1 Å². The van der Waals surface area contributed by atoms with Gasteiger partial charge in [0.15, 0.2) is 5.82 Å². The second-order valence-electron chi connectivity index (χ2n) is 7.22. The fourth-order valence-corrected chi connectivity index (χ4v) is 3.49. The summed E-state index contributed by atoms with van der Waals surface area (Å²) in [6.07, 6.45) is 4.34. The summed E-state index contributed by atoms with van der Waals surface area (Å²) < 4.78 is 13.0. The molecule has 3 aromatic rings. The highest BCUT2D eigenvalue weighted by Crippen LogP contribution is 2.21. The van der Waals surface area contributed by atoms with Crippen molar-refractivity contribution in [1.29, 1.82) is 0 Å². The molecule has 0 aliphatic carbocycles. The summed E-state index contributed by atoms with van der Waals surface area (Å²) in [4.78, 5) is 35.4. The quantitative estimate of drug-likeness (QED) is 0.718. The Morgan fingerprint density at radius 1 is 0.933 bits per heavy atom. The van der Waals surface area contributed by atoms with Crippen LogP contribution in [0.15, 0.2) is 67.0 Å². The number of benzene rings is 2. The lowest BCUT2D eigenvalue weighted by Gasteiger charge is -2.31. The first kappa shape index (κ1) is 19.7. The molecule has 1 aliphatic rings. The molecule has 2 heterocycles. The molecule has 1 saturated heterocycles. The van der Waals surface area contributed by atoms with Crippen molar-refractivity contribution in [1.82, 2.24) is 14.9 Å². The molecule has 0 radical (unpaired) electrons. The van der Waals surface area contributed by atoms with Crippen molar-refractivity contribution in [2.45, 2.75) is 12.8 Å². The zero-order valence-corrected chi connectivity index (χ0v) is 16.3. The summed E-state index contributed by atoms with van der Waals surface area (Å²) in [5, 5.41) is 2.86. The van der Waals surface area contributed by atoms with Gasteiger partial charge >= 0.3 is 0 Å². The van der Waals surface area contributed by atoms with E-state index in [0.29, 0.717) is 43.0 Å². The third kappa shape index (κ3) is 4.51. The van der Waals surface area contributed by atoms with Gasteiger partial charge < -0.3 is 10.2 Å². The Balaban J connectivity index is 1.31. The zero-order chi connectivity index (χ0) is 20.9. The van der Waals surface area contributed by atoms with Crippen LogP contribution in [0.5, 0.6) is 0 Å². The Kier molecular flexibility index (Phi) is 5.79. The monoisotopic (exact) mass is 404 g/mol. The zero-order valence-electron chi connectivity index (χ0n) is 16.3. The van der Waals surface area contributed by atoms with E-state index in [0.717, 1.165) is 5.56 Å². The van der Waals surface area contributed by atoms with Gasteiger partial charge in [-0.2, -0.15) is 0 Å². The van der Waals surface area contributed by atoms with Gasteiger partial charge in [-0.3, -0.25) is 9.59 Å². The molecule has 1 N–H and O–H groups in total. The number of halogens is 1. The maximum absolute atomic E-state index is 13.0. The third-order valence-electron chi connectivity index (χ3n) is 5.20. The molecule has 4 rings (SSSR count). The van der Waals surface area contributed by atoms with E-state index in [1.54, 1.807) is 17.3 Å². The number of hydrogen-bond acceptors (Lipinski definition) is 4. The van der Waals surface area contributed by atoms with Gasteiger partial charge in [-0.25, -0.2) is 14.4 Å². The van der Waals surface area contributed by atoms with Crippen molar-refractivity contribution in [3.8, 4) is 11.4 Å². The molecule has 30 heavy (non-hydrogen) atoms. The van der Waals surface area contributed by atoms with Gasteiger partial charge in [0.1, 0.15) is 5.82 Å². The number of anilines is 1. The normalized spacial score (nSPS) is 14.4.